The molecule has 4 N–H and O–H groups in total. The highest BCUT2D eigenvalue weighted by molar-refractivity contribution is 5.29. The van der Waals surface area contributed by atoms with E-state index >= 15 is 0 Å². The van der Waals surface area contributed by atoms with E-state index in [2.05, 4.69) is 6.92 Å². The van der Waals surface area contributed by atoms with Crippen molar-refractivity contribution in [2.45, 2.75) is 147 Å². The molecule has 2 heterocycles. The maximum absolute atomic E-state index is 11.0. The minimum absolute atomic E-state index is 0.00475. The summed E-state index contributed by atoms with van der Waals surface area (Å²) in [7, 11) is 0. The molecule has 2 aromatic rings. The van der Waals surface area contributed by atoms with E-state index in [1.54, 1.807) is 36.4 Å². The lowest BCUT2D eigenvalue weighted by Crippen LogP contribution is -2.36. The van der Waals surface area contributed by atoms with E-state index in [9.17, 15) is 20.4 Å². The number of phenolic OH excluding ortho intramolecular Hbond substituents is 2. The van der Waals surface area contributed by atoms with Gasteiger partial charge in [-0.1, -0.05) is 51.0 Å². The molecule has 240 valence electrons. The monoisotopic (exact) mass is 600 g/mol. The van der Waals surface area contributed by atoms with Crippen LogP contribution in [0.5, 0.6) is 11.5 Å². The van der Waals surface area contributed by atoms with Gasteiger partial charge in [0.2, 0.25) is 0 Å². The Morgan fingerprint density at radius 1 is 0.651 bits per heavy atom. The predicted molar refractivity (Wildman–Crippen MR) is 165 cm³/mol. The molecule has 8 unspecified atom stereocenters. The Hall–Kier alpha value is -2.20. The van der Waals surface area contributed by atoms with Gasteiger partial charge in [0.05, 0.1) is 36.6 Å². The van der Waals surface area contributed by atoms with Crippen molar-refractivity contribution in [3.63, 3.8) is 0 Å². The van der Waals surface area contributed by atoms with E-state index in [0.717, 1.165) is 81.8 Å². The first-order valence-corrected chi connectivity index (χ1v) is 16.4. The molecule has 2 fully saturated rings. The van der Waals surface area contributed by atoms with E-state index in [0.29, 0.717) is 12.8 Å². The van der Waals surface area contributed by atoms with Crippen molar-refractivity contribution < 1.29 is 39.4 Å². The van der Waals surface area contributed by atoms with E-state index in [4.69, 9.17) is 18.9 Å². The molecule has 0 saturated carbocycles. The summed E-state index contributed by atoms with van der Waals surface area (Å²) in [5.41, 5.74) is 1.58. The molecule has 0 spiro atoms. The first kappa shape index (κ1) is 33.7. The Labute approximate surface area is 257 Å². The van der Waals surface area contributed by atoms with Gasteiger partial charge in [-0.2, -0.15) is 0 Å². The molecule has 8 nitrogen and oxygen atoms in total. The summed E-state index contributed by atoms with van der Waals surface area (Å²) in [4.78, 5) is 0. The number of hydrogen-bond donors (Lipinski definition) is 4. The lowest BCUT2D eigenvalue weighted by atomic mass is 9.95. The van der Waals surface area contributed by atoms with Crippen LogP contribution in [0.4, 0.5) is 0 Å². The average Bonchev–Trinajstić information content (AvgIpc) is 2.99. The van der Waals surface area contributed by atoms with Gasteiger partial charge < -0.3 is 39.4 Å². The van der Waals surface area contributed by atoms with Crippen LogP contribution in [0.3, 0.4) is 0 Å². The average molecular weight is 601 g/mol. The summed E-state index contributed by atoms with van der Waals surface area (Å²) in [6.07, 6.45) is 8.63. The smallest absolute Gasteiger partial charge is 0.184 e. The van der Waals surface area contributed by atoms with Crippen LogP contribution >= 0.6 is 0 Å². The van der Waals surface area contributed by atoms with Crippen LogP contribution in [0.25, 0.3) is 0 Å². The standard InChI is InChI=1S/C35H52O8/c1-3-5-16-30-23-33(43-35(40-30)25-11-7-14-28(38)20-25)21-29(39)15-9-18-32-22-31(17-8-12-26(36)4-2)41-34(42-32)24-10-6-13-27(37)19-24/h6-7,10-11,13-14,19-20,26,29-39H,3-5,8-9,12,15-18,21-23H2,1-2H3. The number of aliphatic hydroxyl groups excluding tert-OH is 2. The van der Waals surface area contributed by atoms with Gasteiger partial charge in [-0.25, -0.2) is 0 Å². The van der Waals surface area contributed by atoms with Crippen LogP contribution in [-0.4, -0.2) is 57.0 Å². The third-order valence-corrected chi connectivity index (χ3v) is 8.61. The van der Waals surface area contributed by atoms with Crippen molar-refractivity contribution in [2.75, 3.05) is 0 Å². The van der Waals surface area contributed by atoms with Crippen LogP contribution in [0.2, 0.25) is 0 Å². The topological polar surface area (TPSA) is 118 Å². The molecule has 2 aliphatic heterocycles. The Morgan fingerprint density at radius 3 is 1.60 bits per heavy atom. The number of hydrogen-bond acceptors (Lipinski definition) is 8. The van der Waals surface area contributed by atoms with Crippen molar-refractivity contribution in [1.29, 1.82) is 0 Å². The molecule has 8 atom stereocenters. The molecular weight excluding hydrogens is 548 g/mol. The predicted octanol–water partition coefficient (Wildman–Crippen LogP) is 7.20. The minimum atomic E-state index is -0.555. The summed E-state index contributed by atoms with van der Waals surface area (Å²) < 4.78 is 25.1. The van der Waals surface area contributed by atoms with E-state index in [1.165, 1.54) is 0 Å². The van der Waals surface area contributed by atoms with Crippen LogP contribution in [0, 0.1) is 0 Å². The van der Waals surface area contributed by atoms with Crippen LogP contribution < -0.4 is 0 Å². The number of aromatic hydroxyl groups is 2. The SMILES string of the molecule is CCCCC1CC(CC(O)CCCC2CC(CCCC(O)CC)OC(c3cccc(O)c3)O2)OC(c2cccc(O)c2)O1. The second-order valence-corrected chi connectivity index (χ2v) is 12.3. The third-order valence-electron chi connectivity index (χ3n) is 8.61. The number of unbranched alkanes of at least 4 members (excludes halogenated alkanes) is 1. The molecule has 0 radical (unpaired) electrons. The third kappa shape index (κ3) is 11.0. The van der Waals surface area contributed by atoms with Crippen LogP contribution in [-0.2, 0) is 18.9 Å². The molecule has 0 aromatic heterocycles. The minimum Gasteiger partial charge on any atom is -0.508 e. The number of phenols is 2. The molecule has 2 saturated heterocycles. The molecule has 43 heavy (non-hydrogen) atoms. The van der Waals surface area contributed by atoms with Crippen molar-refractivity contribution in [3.8, 4) is 11.5 Å². The molecule has 0 bridgehead atoms. The first-order valence-electron chi connectivity index (χ1n) is 16.4. The fourth-order valence-electron chi connectivity index (χ4n) is 6.16. The fraction of sp³-hybridized carbons (Fsp3) is 0.657. The zero-order valence-corrected chi connectivity index (χ0v) is 25.9. The second-order valence-electron chi connectivity index (χ2n) is 12.3. The summed E-state index contributed by atoms with van der Waals surface area (Å²) in [5, 5.41) is 41.0. The maximum atomic E-state index is 11.0. The van der Waals surface area contributed by atoms with Crippen molar-refractivity contribution in [1.82, 2.24) is 0 Å². The second kappa shape index (κ2) is 17.3. The van der Waals surface area contributed by atoms with Crippen molar-refractivity contribution >= 4 is 0 Å². The quantitative estimate of drug-likeness (QED) is 0.160. The van der Waals surface area contributed by atoms with Gasteiger partial charge in [0.1, 0.15) is 11.5 Å². The highest BCUT2D eigenvalue weighted by Crippen LogP contribution is 2.37. The maximum Gasteiger partial charge on any atom is 0.184 e. The Bertz CT molecular complexity index is 1080. The lowest BCUT2D eigenvalue weighted by molar-refractivity contribution is -0.254. The van der Waals surface area contributed by atoms with E-state index in [-0.39, 0.29) is 42.0 Å². The molecule has 8 heteroatoms. The summed E-state index contributed by atoms with van der Waals surface area (Å²) in [6.45, 7) is 4.16. The molecule has 2 aromatic carbocycles. The summed E-state index contributed by atoms with van der Waals surface area (Å²) >= 11 is 0. The number of benzene rings is 2. The molecule has 4 rings (SSSR count). The van der Waals surface area contributed by atoms with E-state index < -0.39 is 18.7 Å². The zero-order chi connectivity index (χ0) is 30.6. The Balaban J connectivity index is 1.30. The molecule has 0 aliphatic carbocycles. The van der Waals surface area contributed by atoms with Gasteiger partial charge in [0.25, 0.3) is 0 Å². The normalized spacial score (nSPS) is 27.5. The lowest BCUT2D eigenvalue weighted by Gasteiger charge is -2.37. The van der Waals surface area contributed by atoms with Gasteiger partial charge in [0, 0.05) is 24.0 Å². The molecule has 2 aliphatic rings. The van der Waals surface area contributed by atoms with Gasteiger partial charge in [-0.15, -0.1) is 0 Å². The summed E-state index contributed by atoms with van der Waals surface area (Å²) in [6, 6.07) is 14.0. The Morgan fingerprint density at radius 2 is 1.12 bits per heavy atom. The van der Waals surface area contributed by atoms with Gasteiger partial charge >= 0.3 is 0 Å². The highest BCUT2D eigenvalue weighted by atomic mass is 16.7. The fourth-order valence-corrected chi connectivity index (χ4v) is 6.16. The highest BCUT2D eigenvalue weighted by Gasteiger charge is 2.33. The number of aliphatic hydroxyl groups is 2. The van der Waals surface area contributed by atoms with Crippen LogP contribution in [0.15, 0.2) is 48.5 Å². The molecule has 0 amide bonds. The summed E-state index contributed by atoms with van der Waals surface area (Å²) in [5.74, 6) is 0.357. The number of ether oxygens (including phenoxy) is 4. The molecular formula is C35H52O8. The number of rotatable bonds is 16. The largest absolute Gasteiger partial charge is 0.508 e. The first-order chi connectivity index (χ1) is 20.8. The van der Waals surface area contributed by atoms with Gasteiger partial charge in [-0.3, -0.25) is 0 Å². The van der Waals surface area contributed by atoms with Gasteiger partial charge in [0.15, 0.2) is 12.6 Å². The van der Waals surface area contributed by atoms with Crippen molar-refractivity contribution in [2.24, 2.45) is 0 Å². The van der Waals surface area contributed by atoms with Crippen LogP contribution in [0.1, 0.15) is 121 Å². The zero-order valence-electron chi connectivity index (χ0n) is 25.9. The van der Waals surface area contributed by atoms with E-state index in [1.807, 2.05) is 19.1 Å². The van der Waals surface area contributed by atoms with Gasteiger partial charge in [-0.05, 0) is 82.1 Å². The van der Waals surface area contributed by atoms with Crippen molar-refractivity contribution in [3.05, 3.63) is 59.7 Å². The Kier molecular flexibility index (Phi) is 13.6.